The van der Waals surface area contributed by atoms with Gasteiger partial charge in [-0.3, -0.25) is 14.9 Å². The number of hydrogen-bond donors (Lipinski definition) is 1. The Morgan fingerprint density at radius 2 is 2.03 bits per heavy atom. The molecule has 0 radical (unpaired) electrons. The largest absolute Gasteiger partial charge is 0.338 e. The molecule has 7 nitrogen and oxygen atoms in total. The molecule has 4 heterocycles. The second kappa shape index (κ2) is 8.76. The van der Waals surface area contributed by atoms with Crippen LogP contribution in [0, 0.1) is 18.3 Å². The number of aryl methyl sites for hydroxylation is 1. The average molecular weight is 385 g/mol. The van der Waals surface area contributed by atoms with Crippen LogP contribution in [0.2, 0.25) is 0 Å². The van der Waals surface area contributed by atoms with Crippen LogP contribution < -0.4 is 5.32 Å². The van der Waals surface area contributed by atoms with Crippen molar-refractivity contribution in [3.63, 3.8) is 0 Å². The smallest absolute Gasteiger partial charge is 0.148 e. The minimum absolute atomic E-state index is 0.253. The molecule has 1 fully saturated rings. The third-order valence-electron chi connectivity index (χ3n) is 5.25. The summed E-state index contributed by atoms with van der Waals surface area (Å²) in [6, 6.07) is 9.83. The number of aromatic nitrogens is 4. The molecule has 7 heteroatoms. The fourth-order valence-electron chi connectivity index (χ4n) is 3.65. The van der Waals surface area contributed by atoms with Gasteiger partial charge in [-0.15, -0.1) is 0 Å². The number of pyridine rings is 2. The molecule has 0 aliphatic carbocycles. The summed E-state index contributed by atoms with van der Waals surface area (Å²) in [4.78, 5) is 20.3. The van der Waals surface area contributed by atoms with Crippen LogP contribution in [0.4, 0.5) is 11.5 Å². The number of hydrogen-bond acceptors (Lipinski definition) is 7. The van der Waals surface area contributed by atoms with Gasteiger partial charge >= 0.3 is 0 Å². The standard InChI is InChI=1S/C22H23N7/c1-16-5-4-9-24-20(16)15-29-10-3-2-6-21(29)19-13-27-22(14-26-19)28-18-8-7-17(11-23)25-12-18/h4-5,7-9,12-14,21H,2-3,6,10,15H2,1H3,(H,27,28)/t21-/m1/s1. The summed E-state index contributed by atoms with van der Waals surface area (Å²) < 4.78 is 0. The van der Waals surface area contributed by atoms with E-state index >= 15 is 0 Å². The summed E-state index contributed by atoms with van der Waals surface area (Å²) in [5, 5.41) is 12.0. The molecule has 1 saturated heterocycles. The van der Waals surface area contributed by atoms with Crippen LogP contribution in [-0.2, 0) is 6.54 Å². The number of likely N-dealkylation sites (tertiary alicyclic amines) is 1. The van der Waals surface area contributed by atoms with Crippen molar-refractivity contribution in [3.05, 3.63) is 71.7 Å². The van der Waals surface area contributed by atoms with Crippen molar-refractivity contribution in [1.82, 2.24) is 24.8 Å². The lowest BCUT2D eigenvalue weighted by Gasteiger charge is -2.35. The lowest BCUT2D eigenvalue weighted by Crippen LogP contribution is -2.34. The Balaban J connectivity index is 1.47. The van der Waals surface area contributed by atoms with Gasteiger partial charge in [0.1, 0.15) is 17.6 Å². The molecule has 1 aliphatic heterocycles. The predicted molar refractivity (Wildman–Crippen MR) is 110 cm³/mol. The molecule has 4 rings (SSSR count). The average Bonchev–Trinajstić information content (AvgIpc) is 2.77. The first-order chi connectivity index (χ1) is 14.2. The topological polar surface area (TPSA) is 90.6 Å². The molecule has 3 aromatic rings. The predicted octanol–water partition coefficient (Wildman–Crippen LogP) is 3.92. The number of nitrogens with zero attached hydrogens (tertiary/aromatic N) is 6. The van der Waals surface area contributed by atoms with Gasteiger partial charge in [0.2, 0.25) is 0 Å². The van der Waals surface area contributed by atoms with Crippen molar-refractivity contribution in [3.8, 4) is 6.07 Å². The van der Waals surface area contributed by atoms with E-state index in [9.17, 15) is 0 Å². The Morgan fingerprint density at radius 3 is 2.76 bits per heavy atom. The zero-order valence-corrected chi connectivity index (χ0v) is 16.4. The molecule has 1 N–H and O–H groups in total. The molecule has 0 spiro atoms. The maximum Gasteiger partial charge on any atom is 0.148 e. The Morgan fingerprint density at radius 1 is 1.10 bits per heavy atom. The third kappa shape index (κ3) is 4.55. The van der Waals surface area contributed by atoms with E-state index in [1.807, 2.05) is 24.5 Å². The van der Waals surface area contributed by atoms with E-state index in [1.54, 1.807) is 24.5 Å². The Labute approximate surface area is 170 Å². The molecule has 146 valence electrons. The molecule has 0 saturated carbocycles. The number of nitrogens with one attached hydrogen (secondary N) is 1. The van der Waals surface area contributed by atoms with Gasteiger partial charge in [0.15, 0.2) is 0 Å². The first-order valence-electron chi connectivity index (χ1n) is 9.82. The Bertz CT molecular complexity index is 993. The number of anilines is 2. The summed E-state index contributed by atoms with van der Waals surface area (Å²) >= 11 is 0. The molecule has 1 atom stereocenters. The van der Waals surface area contributed by atoms with Crippen molar-refractivity contribution < 1.29 is 0 Å². The normalized spacial score (nSPS) is 16.9. The first-order valence-corrected chi connectivity index (χ1v) is 9.82. The second-order valence-corrected chi connectivity index (χ2v) is 7.24. The highest BCUT2D eigenvalue weighted by atomic mass is 15.2. The van der Waals surface area contributed by atoms with Crippen molar-refractivity contribution >= 4 is 11.5 Å². The molecule has 29 heavy (non-hydrogen) atoms. The van der Waals surface area contributed by atoms with E-state index in [0.29, 0.717) is 11.5 Å². The van der Waals surface area contributed by atoms with E-state index < -0.39 is 0 Å². The summed E-state index contributed by atoms with van der Waals surface area (Å²) in [6.07, 6.45) is 10.6. The molecule has 0 unspecified atom stereocenters. The zero-order valence-electron chi connectivity index (χ0n) is 16.4. The maximum atomic E-state index is 8.84. The van der Waals surface area contributed by atoms with Crippen LogP contribution in [0.3, 0.4) is 0 Å². The van der Waals surface area contributed by atoms with Crippen LogP contribution in [0.25, 0.3) is 0 Å². The molecule has 0 bridgehead atoms. The molecular weight excluding hydrogens is 362 g/mol. The van der Waals surface area contributed by atoms with Crippen LogP contribution >= 0.6 is 0 Å². The summed E-state index contributed by atoms with van der Waals surface area (Å²) in [7, 11) is 0. The van der Waals surface area contributed by atoms with Gasteiger partial charge in [-0.1, -0.05) is 12.5 Å². The first kappa shape index (κ1) is 19.0. The van der Waals surface area contributed by atoms with Crippen molar-refractivity contribution in [2.24, 2.45) is 0 Å². The number of piperidine rings is 1. The number of nitriles is 1. The van der Waals surface area contributed by atoms with Gasteiger partial charge in [-0.25, -0.2) is 9.97 Å². The zero-order chi connectivity index (χ0) is 20.1. The highest BCUT2D eigenvalue weighted by molar-refractivity contribution is 5.54. The van der Waals surface area contributed by atoms with E-state index in [4.69, 9.17) is 5.26 Å². The van der Waals surface area contributed by atoms with Gasteiger partial charge in [0.05, 0.1) is 41.7 Å². The van der Waals surface area contributed by atoms with Gasteiger partial charge in [-0.05, 0) is 50.1 Å². The number of rotatable bonds is 5. The van der Waals surface area contributed by atoms with Crippen molar-refractivity contribution in [1.29, 1.82) is 5.26 Å². The molecule has 1 aliphatic rings. The minimum atomic E-state index is 0.253. The van der Waals surface area contributed by atoms with Crippen LogP contribution in [0.1, 0.15) is 47.9 Å². The molecule has 0 aromatic carbocycles. The van der Waals surface area contributed by atoms with E-state index in [2.05, 4.69) is 43.1 Å². The molecular formula is C22H23N7. The van der Waals surface area contributed by atoms with Crippen molar-refractivity contribution in [2.45, 2.75) is 38.8 Å². The van der Waals surface area contributed by atoms with Gasteiger partial charge in [0, 0.05) is 12.7 Å². The summed E-state index contributed by atoms with van der Waals surface area (Å²) in [6.45, 7) is 3.98. The molecule has 0 amide bonds. The van der Waals surface area contributed by atoms with Crippen molar-refractivity contribution in [2.75, 3.05) is 11.9 Å². The van der Waals surface area contributed by atoms with Gasteiger partial charge in [-0.2, -0.15) is 5.26 Å². The van der Waals surface area contributed by atoms with Gasteiger partial charge < -0.3 is 5.32 Å². The fraction of sp³-hybridized carbons (Fsp3) is 0.318. The van der Waals surface area contributed by atoms with Crippen LogP contribution in [-0.4, -0.2) is 31.4 Å². The third-order valence-corrected chi connectivity index (χ3v) is 5.25. The summed E-state index contributed by atoms with van der Waals surface area (Å²) in [5.41, 5.74) is 4.49. The Hall–Kier alpha value is -3.37. The molecule has 3 aromatic heterocycles. The highest BCUT2D eigenvalue weighted by Gasteiger charge is 2.26. The fourth-order valence-corrected chi connectivity index (χ4v) is 3.65. The minimum Gasteiger partial charge on any atom is -0.338 e. The van der Waals surface area contributed by atoms with E-state index in [1.165, 1.54) is 18.4 Å². The second-order valence-electron chi connectivity index (χ2n) is 7.24. The monoisotopic (exact) mass is 385 g/mol. The lowest BCUT2D eigenvalue weighted by atomic mass is 9.99. The van der Waals surface area contributed by atoms with Crippen LogP contribution in [0.15, 0.2) is 49.1 Å². The van der Waals surface area contributed by atoms with E-state index in [-0.39, 0.29) is 6.04 Å². The highest BCUT2D eigenvalue weighted by Crippen LogP contribution is 2.31. The summed E-state index contributed by atoms with van der Waals surface area (Å²) in [5.74, 6) is 0.656. The Kier molecular flexibility index (Phi) is 5.73. The SMILES string of the molecule is Cc1cccnc1CN1CCCC[C@@H]1c1cnc(Nc2ccc(C#N)nc2)cn1. The van der Waals surface area contributed by atoms with Gasteiger partial charge in [0.25, 0.3) is 0 Å². The van der Waals surface area contributed by atoms with E-state index in [0.717, 1.165) is 36.6 Å². The van der Waals surface area contributed by atoms with Crippen LogP contribution in [0.5, 0.6) is 0 Å². The lowest BCUT2D eigenvalue weighted by molar-refractivity contribution is 0.135. The maximum absolute atomic E-state index is 8.84. The quantitative estimate of drug-likeness (QED) is 0.712.